The van der Waals surface area contributed by atoms with Crippen LogP contribution in [0.5, 0.6) is 0 Å². The Morgan fingerprint density at radius 3 is 3.05 bits per heavy atom. The molecule has 1 N–H and O–H groups in total. The first-order valence-electron chi connectivity index (χ1n) is 5.95. The maximum atomic E-state index is 11.6. The number of nitrogens with zero attached hydrogens (tertiary/aromatic N) is 1. The molecule has 1 aromatic heterocycles. The van der Waals surface area contributed by atoms with Gasteiger partial charge in [0.15, 0.2) is 0 Å². The Hall–Kier alpha value is -0.880. The van der Waals surface area contributed by atoms with Crippen molar-refractivity contribution in [2.24, 2.45) is 0 Å². The molecule has 5 nitrogen and oxygen atoms in total. The van der Waals surface area contributed by atoms with E-state index in [0.717, 1.165) is 19.4 Å². The number of ether oxygens (including phenoxy) is 2. The summed E-state index contributed by atoms with van der Waals surface area (Å²) < 4.78 is 10.7. The SMILES string of the molecule is O=C(COC[C@@H]1CCCO1)Nc1cc(Cl)c(Cl)cn1. The number of pyridine rings is 1. The van der Waals surface area contributed by atoms with Crippen LogP contribution in [0.2, 0.25) is 10.0 Å². The molecule has 2 heterocycles. The van der Waals surface area contributed by atoms with Crippen molar-refractivity contribution in [3.8, 4) is 0 Å². The molecular formula is C12H14Cl2N2O3. The minimum Gasteiger partial charge on any atom is -0.376 e. The standard InChI is InChI=1S/C12H14Cl2N2O3/c13-9-4-11(15-5-10(9)14)16-12(17)7-18-6-8-2-1-3-19-8/h4-5,8H,1-3,6-7H2,(H,15,16,17)/t8-/m0/s1. The van der Waals surface area contributed by atoms with Gasteiger partial charge in [-0.25, -0.2) is 4.98 Å². The van der Waals surface area contributed by atoms with Crippen molar-refractivity contribution < 1.29 is 14.3 Å². The van der Waals surface area contributed by atoms with E-state index in [0.29, 0.717) is 22.5 Å². The minimum absolute atomic E-state index is 0.0399. The highest BCUT2D eigenvalue weighted by atomic mass is 35.5. The van der Waals surface area contributed by atoms with Crippen LogP contribution in [-0.4, -0.2) is 36.8 Å². The molecule has 0 spiro atoms. The summed E-state index contributed by atoms with van der Waals surface area (Å²) >= 11 is 11.5. The van der Waals surface area contributed by atoms with Crippen LogP contribution in [0.25, 0.3) is 0 Å². The summed E-state index contributed by atoms with van der Waals surface area (Å²) in [5.41, 5.74) is 0. The molecule has 2 rings (SSSR count). The molecule has 0 unspecified atom stereocenters. The average molecular weight is 305 g/mol. The van der Waals surface area contributed by atoms with E-state index in [2.05, 4.69) is 10.3 Å². The Morgan fingerprint density at radius 1 is 1.53 bits per heavy atom. The van der Waals surface area contributed by atoms with Gasteiger partial charge in [-0.3, -0.25) is 4.79 Å². The number of nitrogens with one attached hydrogen (secondary N) is 1. The van der Waals surface area contributed by atoms with E-state index in [9.17, 15) is 4.79 Å². The first kappa shape index (κ1) is 14.5. The average Bonchev–Trinajstić information content (AvgIpc) is 2.87. The van der Waals surface area contributed by atoms with Gasteiger partial charge in [-0.1, -0.05) is 23.2 Å². The largest absolute Gasteiger partial charge is 0.376 e. The summed E-state index contributed by atoms with van der Waals surface area (Å²) in [5, 5.41) is 3.26. The second-order valence-corrected chi connectivity index (χ2v) is 5.00. The van der Waals surface area contributed by atoms with E-state index in [1.807, 2.05) is 0 Å². The summed E-state index contributed by atoms with van der Waals surface area (Å²) in [6.45, 7) is 1.16. The van der Waals surface area contributed by atoms with Crippen LogP contribution in [0.3, 0.4) is 0 Å². The van der Waals surface area contributed by atoms with Crippen molar-refractivity contribution in [1.82, 2.24) is 4.98 Å². The van der Waals surface area contributed by atoms with Crippen LogP contribution in [0.15, 0.2) is 12.3 Å². The predicted molar refractivity (Wildman–Crippen MR) is 72.7 cm³/mol. The topological polar surface area (TPSA) is 60.5 Å². The monoisotopic (exact) mass is 304 g/mol. The fourth-order valence-corrected chi connectivity index (χ4v) is 1.98. The van der Waals surface area contributed by atoms with Crippen molar-refractivity contribution in [3.63, 3.8) is 0 Å². The lowest BCUT2D eigenvalue weighted by atomic mass is 10.2. The summed E-state index contributed by atoms with van der Waals surface area (Å²) in [4.78, 5) is 15.5. The summed E-state index contributed by atoms with van der Waals surface area (Å²) in [6.07, 6.45) is 3.52. The van der Waals surface area contributed by atoms with Crippen molar-refractivity contribution in [2.75, 3.05) is 25.1 Å². The molecule has 19 heavy (non-hydrogen) atoms. The number of hydrogen-bond donors (Lipinski definition) is 1. The van der Waals surface area contributed by atoms with Gasteiger partial charge in [0.05, 0.1) is 22.8 Å². The van der Waals surface area contributed by atoms with Crippen LogP contribution in [-0.2, 0) is 14.3 Å². The Kier molecular flexibility index (Phi) is 5.39. The number of rotatable bonds is 5. The van der Waals surface area contributed by atoms with E-state index in [4.69, 9.17) is 32.7 Å². The van der Waals surface area contributed by atoms with Crippen molar-refractivity contribution in [2.45, 2.75) is 18.9 Å². The van der Waals surface area contributed by atoms with E-state index in [-0.39, 0.29) is 18.6 Å². The zero-order valence-corrected chi connectivity index (χ0v) is 11.7. The highest BCUT2D eigenvalue weighted by Gasteiger charge is 2.16. The summed E-state index contributed by atoms with van der Waals surface area (Å²) in [7, 11) is 0. The minimum atomic E-state index is -0.288. The molecule has 1 fully saturated rings. The maximum Gasteiger partial charge on any atom is 0.251 e. The summed E-state index contributed by atoms with van der Waals surface area (Å²) in [5.74, 6) is 0.0593. The number of aromatic nitrogens is 1. The molecule has 7 heteroatoms. The Balaban J connectivity index is 1.72. The van der Waals surface area contributed by atoms with Gasteiger partial charge in [-0.2, -0.15) is 0 Å². The van der Waals surface area contributed by atoms with Crippen LogP contribution < -0.4 is 5.32 Å². The third kappa shape index (κ3) is 4.62. The molecule has 0 aliphatic carbocycles. The molecule has 1 amide bonds. The van der Waals surface area contributed by atoms with Crippen LogP contribution in [0.1, 0.15) is 12.8 Å². The highest BCUT2D eigenvalue weighted by molar-refractivity contribution is 6.42. The van der Waals surface area contributed by atoms with Crippen LogP contribution in [0, 0.1) is 0 Å². The molecule has 1 aliphatic heterocycles. The molecule has 104 valence electrons. The maximum absolute atomic E-state index is 11.6. The quantitative estimate of drug-likeness (QED) is 0.908. The van der Waals surface area contributed by atoms with Gasteiger partial charge in [-0.05, 0) is 12.8 Å². The normalized spacial score (nSPS) is 18.5. The first-order chi connectivity index (χ1) is 9.15. The van der Waals surface area contributed by atoms with Crippen LogP contribution in [0.4, 0.5) is 5.82 Å². The number of halogens is 2. The molecule has 0 radical (unpaired) electrons. The molecule has 1 atom stereocenters. The fourth-order valence-electron chi connectivity index (χ4n) is 1.72. The molecule has 1 aliphatic rings. The van der Waals surface area contributed by atoms with E-state index >= 15 is 0 Å². The number of carbonyl (C=O) groups is 1. The van der Waals surface area contributed by atoms with Gasteiger partial charge in [0.25, 0.3) is 5.91 Å². The molecule has 1 saturated heterocycles. The lowest BCUT2D eigenvalue weighted by Gasteiger charge is -2.10. The molecule has 0 bridgehead atoms. The lowest BCUT2D eigenvalue weighted by molar-refractivity contribution is -0.121. The number of hydrogen-bond acceptors (Lipinski definition) is 4. The van der Waals surface area contributed by atoms with Crippen molar-refractivity contribution in [3.05, 3.63) is 22.3 Å². The number of carbonyl (C=O) groups excluding carboxylic acids is 1. The molecule has 1 aromatic rings. The van der Waals surface area contributed by atoms with E-state index in [1.165, 1.54) is 12.3 Å². The second-order valence-electron chi connectivity index (χ2n) is 4.18. The molecular weight excluding hydrogens is 291 g/mol. The number of anilines is 1. The van der Waals surface area contributed by atoms with Gasteiger partial charge >= 0.3 is 0 Å². The third-order valence-electron chi connectivity index (χ3n) is 2.64. The molecule has 0 saturated carbocycles. The van der Waals surface area contributed by atoms with Crippen molar-refractivity contribution in [1.29, 1.82) is 0 Å². The lowest BCUT2D eigenvalue weighted by Crippen LogP contribution is -2.22. The Labute approximate surface area is 121 Å². The zero-order chi connectivity index (χ0) is 13.7. The van der Waals surface area contributed by atoms with Crippen molar-refractivity contribution >= 4 is 34.9 Å². The highest BCUT2D eigenvalue weighted by Crippen LogP contribution is 2.22. The van der Waals surface area contributed by atoms with Crippen LogP contribution >= 0.6 is 23.2 Å². The zero-order valence-electron chi connectivity index (χ0n) is 10.2. The van der Waals surface area contributed by atoms with Gasteiger partial charge in [-0.15, -0.1) is 0 Å². The smallest absolute Gasteiger partial charge is 0.251 e. The Bertz CT molecular complexity index is 451. The molecule has 0 aromatic carbocycles. The number of amides is 1. The Morgan fingerprint density at radius 2 is 2.37 bits per heavy atom. The van der Waals surface area contributed by atoms with Gasteiger partial charge in [0.2, 0.25) is 0 Å². The first-order valence-corrected chi connectivity index (χ1v) is 6.71. The predicted octanol–water partition coefficient (Wildman–Crippen LogP) is 2.52. The van der Waals surface area contributed by atoms with E-state index < -0.39 is 0 Å². The van der Waals surface area contributed by atoms with Gasteiger partial charge in [0.1, 0.15) is 12.4 Å². The summed E-state index contributed by atoms with van der Waals surface area (Å²) in [6, 6.07) is 1.49. The van der Waals surface area contributed by atoms with Gasteiger partial charge in [0, 0.05) is 18.9 Å². The third-order valence-corrected chi connectivity index (χ3v) is 3.35. The van der Waals surface area contributed by atoms with E-state index in [1.54, 1.807) is 0 Å². The second kappa shape index (κ2) is 7.05. The van der Waals surface area contributed by atoms with Gasteiger partial charge < -0.3 is 14.8 Å². The fraction of sp³-hybridized carbons (Fsp3) is 0.500.